The molecule has 7 heteroatoms. The fraction of sp³-hybridized carbons (Fsp3) is 0.548. The number of amides is 2. The molecule has 4 atom stereocenters. The Morgan fingerprint density at radius 3 is 2.18 bits per heavy atom. The second kappa shape index (κ2) is 14.2. The molecule has 7 nitrogen and oxygen atoms in total. The molecule has 4 aliphatic carbocycles. The lowest BCUT2D eigenvalue weighted by atomic mass is 9.53. The van der Waals surface area contributed by atoms with Crippen LogP contribution < -0.4 is 10.6 Å². The highest BCUT2D eigenvalue weighted by Gasteiger charge is 2.51. The summed E-state index contributed by atoms with van der Waals surface area (Å²) in [6.07, 6.45) is 10.8. The van der Waals surface area contributed by atoms with Gasteiger partial charge in [-0.15, -0.1) is 0 Å². The van der Waals surface area contributed by atoms with Gasteiger partial charge in [-0.3, -0.25) is 0 Å². The number of benzene rings is 3. The highest BCUT2D eigenvalue weighted by molar-refractivity contribution is 5.75. The molecule has 4 unspecified atom stereocenters. The summed E-state index contributed by atoms with van der Waals surface area (Å²) in [6.45, 7) is 5.92. The predicted molar refractivity (Wildman–Crippen MR) is 191 cm³/mol. The van der Waals surface area contributed by atoms with E-state index < -0.39 is 6.29 Å². The van der Waals surface area contributed by atoms with Crippen molar-refractivity contribution in [3.8, 4) is 11.1 Å². The minimum Gasteiger partial charge on any atom is -0.392 e. The van der Waals surface area contributed by atoms with Crippen LogP contribution in [0.2, 0.25) is 0 Å². The molecule has 4 saturated carbocycles. The monoisotopic (exact) mass is 663 g/mol. The van der Waals surface area contributed by atoms with Gasteiger partial charge in [-0.05, 0) is 122 Å². The predicted octanol–water partition coefficient (Wildman–Crippen LogP) is 7.89. The van der Waals surface area contributed by atoms with Gasteiger partial charge in [0.15, 0.2) is 6.29 Å². The molecule has 3 aromatic rings. The Kier molecular flexibility index (Phi) is 9.53. The number of urea groups is 1. The highest BCUT2D eigenvalue weighted by atomic mass is 16.7. The van der Waals surface area contributed by atoms with Crippen LogP contribution in [0.1, 0.15) is 99.4 Å². The lowest BCUT2D eigenvalue weighted by molar-refractivity contribution is -0.276. The van der Waals surface area contributed by atoms with Crippen LogP contribution in [-0.4, -0.2) is 47.3 Å². The van der Waals surface area contributed by atoms with E-state index in [9.17, 15) is 9.90 Å². The van der Waals surface area contributed by atoms with Gasteiger partial charge in [-0.1, -0.05) is 74.0 Å². The fourth-order valence-electron chi connectivity index (χ4n) is 10.2. The molecule has 49 heavy (non-hydrogen) atoms. The maximum absolute atomic E-state index is 13.1. The lowest BCUT2D eigenvalue weighted by Gasteiger charge is -2.56. The van der Waals surface area contributed by atoms with E-state index >= 15 is 0 Å². The van der Waals surface area contributed by atoms with Crippen LogP contribution in [0.5, 0.6) is 0 Å². The first-order chi connectivity index (χ1) is 23.9. The summed E-state index contributed by atoms with van der Waals surface area (Å²) in [7, 11) is 0. The lowest BCUT2D eigenvalue weighted by Crippen LogP contribution is -2.61. The van der Waals surface area contributed by atoms with E-state index in [1.54, 1.807) is 0 Å². The van der Waals surface area contributed by atoms with Crippen molar-refractivity contribution < 1.29 is 19.4 Å². The van der Waals surface area contributed by atoms with E-state index in [0.717, 1.165) is 90.0 Å². The van der Waals surface area contributed by atoms with Crippen molar-refractivity contribution in [1.82, 2.24) is 15.5 Å². The van der Waals surface area contributed by atoms with Gasteiger partial charge in [0.25, 0.3) is 0 Å². The Morgan fingerprint density at radius 1 is 0.816 bits per heavy atom. The van der Waals surface area contributed by atoms with Crippen molar-refractivity contribution in [3.05, 3.63) is 95.1 Å². The molecule has 9 rings (SSSR count). The van der Waals surface area contributed by atoms with Gasteiger partial charge in [0, 0.05) is 30.1 Å². The molecule has 0 aromatic heterocycles. The van der Waals surface area contributed by atoms with E-state index in [-0.39, 0.29) is 36.3 Å². The summed E-state index contributed by atoms with van der Waals surface area (Å²) in [6, 6.07) is 25.1. The number of aliphatic hydroxyl groups is 1. The molecular formula is C42H53N3O4. The number of carbonyl (C=O) groups is 1. The quantitative estimate of drug-likeness (QED) is 0.217. The second-order valence-corrected chi connectivity index (χ2v) is 16.0. The summed E-state index contributed by atoms with van der Waals surface area (Å²) in [5.41, 5.74) is 6.31. The normalized spacial score (nSPS) is 32.6. The van der Waals surface area contributed by atoms with Gasteiger partial charge in [0.2, 0.25) is 0 Å². The number of rotatable bonds is 9. The smallest absolute Gasteiger partial charge is 0.315 e. The van der Waals surface area contributed by atoms with E-state index in [4.69, 9.17) is 9.47 Å². The van der Waals surface area contributed by atoms with Gasteiger partial charge < -0.3 is 30.1 Å². The zero-order chi connectivity index (χ0) is 33.4. The molecule has 260 valence electrons. The fourth-order valence-corrected chi connectivity index (χ4v) is 10.2. The third kappa shape index (κ3) is 7.32. The minimum atomic E-state index is -0.494. The molecule has 6 fully saturated rings. The Morgan fingerprint density at radius 2 is 1.49 bits per heavy atom. The molecule has 2 aliphatic heterocycles. The van der Waals surface area contributed by atoms with Gasteiger partial charge in [-0.2, -0.15) is 0 Å². The van der Waals surface area contributed by atoms with Crippen molar-refractivity contribution in [2.75, 3.05) is 19.6 Å². The van der Waals surface area contributed by atoms with E-state index in [2.05, 4.69) is 83.1 Å². The Balaban J connectivity index is 0.964. The first-order valence-corrected chi connectivity index (χ1v) is 18.9. The van der Waals surface area contributed by atoms with Crippen LogP contribution in [-0.2, 0) is 22.6 Å². The molecule has 0 spiro atoms. The number of likely N-dealkylation sites (tertiary alicyclic amines) is 1. The molecule has 2 amide bonds. The Hall–Kier alpha value is -3.23. The summed E-state index contributed by atoms with van der Waals surface area (Å²) in [5.74, 6) is 2.58. The van der Waals surface area contributed by atoms with Gasteiger partial charge in [-0.25, -0.2) is 4.79 Å². The number of piperidine rings is 1. The number of nitrogens with one attached hydrogen (secondary N) is 2. The van der Waals surface area contributed by atoms with Crippen LogP contribution in [0.4, 0.5) is 4.79 Å². The third-order valence-electron chi connectivity index (χ3n) is 12.3. The first kappa shape index (κ1) is 32.9. The van der Waals surface area contributed by atoms with E-state index in [1.165, 1.54) is 38.5 Å². The van der Waals surface area contributed by atoms with Gasteiger partial charge >= 0.3 is 6.03 Å². The molecule has 2 saturated heterocycles. The average molecular weight is 664 g/mol. The molecule has 2 heterocycles. The summed E-state index contributed by atoms with van der Waals surface area (Å²) in [5, 5.41) is 16.2. The van der Waals surface area contributed by atoms with Gasteiger partial charge in [0.05, 0.1) is 18.8 Å². The number of hydrogen-bond donors (Lipinski definition) is 3. The van der Waals surface area contributed by atoms with Crippen LogP contribution in [0, 0.1) is 23.7 Å². The zero-order valence-corrected chi connectivity index (χ0v) is 29.0. The van der Waals surface area contributed by atoms with Crippen molar-refractivity contribution in [3.63, 3.8) is 0 Å². The van der Waals surface area contributed by atoms with Crippen LogP contribution >= 0.6 is 0 Å². The standard InChI is InChI=1S/C42H53N3O4/c1-28-38(26-45-15-3-2-4-16-45)48-40(49-39(28)34-13-11-29(27-46)12-14-34)37-10-6-9-36(21-37)35-8-5-7-30(20-35)25-43-41(47)44-42-22-31-17-32(23-42)19-33(18-31)24-42/h5-14,20-21,28,31-33,38-40,46H,2-4,15-19,22-27H2,1H3,(H2,43,44,47). The van der Waals surface area contributed by atoms with Crippen LogP contribution in [0.3, 0.4) is 0 Å². The van der Waals surface area contributed by atoms with Crippen molar-refractivity contribution >= 4 is 6.03 Å². The first-order valence-electron chi connectivity index (χ1n) is 18.9. The summed E-state index contributed by atoms with van der Waals surface area (Å²) >= 11 is 0. The van der Waals surface area contributed by atoms with Crippen molar-refractivity contribution in [1.29, 1.82) is 0 Å². The summed E-state index contributed by atoms with van der Waals surface area (Å²) < 4.78 is 13.6. The van der Waals surface area contributed by atoms with Crippen LogP contribution in [0.25, 0.3) is 11.1 Å². The topological polar surface area (TPSA) is 83.1 Å². The van der Waals surface area contributed by atoms with Crippen LogP contribution in [0.15, 0.2) is 72.8 Å². The number of nitrogens with zero attached hydrogens (tertiary/aromatic N) is 1. The molecular weight excluding hydrogens is 610 g/mol. The highest BCUT2D eigenvalue weighted by Crippen LogP contribution is 2.55. The van der Waals surface area contributed by atoms with Gasteiger partial charge in [0.1, 0.15) is 0 Å². The summed E-state index contributed by atoms with van der Waals surface area (Å²) in [4.78, 5) is 15.7. The largest absolute Gasteiger partial charge is 0.392 e. The number of hydrogen-bond acceptors (Lipinski definition) is 5. The number of ether oxygens (including phenoxy) is 2. The molecule has 4 bridgehead atoms. The molecule has 3 aromatic carbocycles. The SMILES string of the molecule is CC1C(CN2CCCCC2)OC(c2cccc(-c3cccc(CNC(=O)NC45CC6CC(CC(C6)C4)C5)c3)c2)OC1c1ccc(CO)cc1. The third-order valence-corrected chi connectivity index (χ3v) is 12.3. The number of carbonyl (C=O) groups excluding carboxylic acids is 1. The van der Waals surface area contributed by atoms with Crippen molar-refractivity contribution in [2.24, 2.45) is 23.7 Å². The molecule has 6 aliphatic rings. The maximum atomic E-state index is 13.1. The maximum Gasteiger partial charge on any atom is 0.315 e. The van der Waals surface area contributed by atoms with Crippen molar-refractivity contribution in [2.45, 2.75) is 102 Å². The molecule has 0 radical (unpaired) electrons. The second-order valence-electron chi connectivity index (χ2n) is 16.0. The number of aliphatic hydroxyl groups excluding tert-OH is 1. The van der Waals surface area contributed by atoms with E-state index in [0.29, 0.717) is 6.54 Å². The van der Waals surface area contributed by atoms with E-state index in [1.807, 2.05) is 12.1 Å². The average Bonchev–Trinajstić information content (AvgIpc) is 3.11. The Bertz CT molecular complexity index is 1570. The Labute approximate surface area is 291 Å². The molecule has 3 N–H and O–H groups in total. The zero-order valence-electron chi connectivity index (χ0n) is 29.0. The minimum absolute atomic E-state index is 0.0108.